The van der Waals surface area contributed by atoms with Gasteiger partial charge in [0.1, 0.15) is 24.0 Å². The maximum absolute atomic E-state index is 12.3. The Morgan fingerprint density at radius 3 is 2.53 bits per heavy atom. The van der Waals surface area contributed by atoms with Crippen LogP contribution in [-0.2, 0) is 19.4 Å². The van der Waals surface area contributed by atoms with E-state index in [1.165, 1.54) is 31.0 Å². The second kappa shape index (κ2) is 10.6. The van der Waals surface area contributed by atoms with Crippen molar-refractivity contribution in [2.45, 2.75) is 38.8 Å². The topological polar surface area (TPSA) is 153 Å². The molecule has 1 aliphatic rings. The molecule has 0 atom stereocenters. The fourth-order valence-corrected chi connectivity index (χ4v) is 4.37. The third-order valence-corrected chi connectivity index (χ3v) is 6.29. The van der Waals surface area contributed by atoms with Gasteiger partial charge in [0.2, 0.25) is 11.8 Å². The lowest BCUT2D eigenvalue weighted by atomic mass is 10.1. The lowest BCUT2D eigenvalue weighted by Gasteiger charge is -2.28. The molecule has 4 heterocycles. The second-order valence-electron chi connectivity index (χ2n) is 8.92. The highest BCUT2D eigenvalue weighted by molar-refractivity contribution is 7.90. The number of sulfone groups is 1. The van der Waals surface area contributed by atoms with Crippen LogP contribution in [0.4, 0.5) is 23.1 Å². The quantitative estimate of drug-likeness (QED) is 0.457. The fraction of sp³-hybridized carbons (Fsp3) is 0.320. The van der Waals surface area contributed by atoms with Gasteiger partial charge >= 0.3 is 0 Å². The summed E-state index contributed by atoms with van der Waals surface area (Å²) in [6.07, 6.45) is 2.37. The zero-order valence-corrected chi connectivity index (χ0v) is 22.4. The molecule has 0 radical (unpaired) electrons. The van der Waals surface area contributed by atoms with E-state index in [-0.39, 0.29) is 34.6 Å². The average molecular weight is 541 g/mol. The molecule has 0 aromatic carbocycles. The molecular weight excluding hydrogens is 512 g/mol. The fourth-order valence-electron chi connectivity index (χ4n) is 3.78. The summed E-state index contributed by atoms with van der Waals surface area (Å²) in [6.45, 7) is 7.18. The van der Waals surface area contributed by atoms with Crippen LogP contribution in [0.1, 0.15) is 27.7 Å². The molecule has 3 aromatic heterocycles. The van der Waals surface area contributed by atoms with Crippen molar-refractivity contribution >= 4 is 44.8 Å². The maximum Gasteiger partial charge on any atom is 0.225 e. The molecule has 0 saturated carbocycles. The molecule has 4 rings (SSSR count). The predicted molar refractivity (Wildman–Crippen MR) is 142 cm³/mol. The van der Waals surface area contributed by atoms with Crippen LogP contribution in [0.2, 0.25) is 0 Å². The van der Waals surface area contributed by atoms with Crippen LogP contribution >= 0.6 is 0 Å². The molecule has 0 saturated heterocycles. The Morgan fingerprint density at radius 1 is 1.11 bits per heavy atom. The maximum atomic E-state index is 12.3. The van der Waals surface area contributed by atoms with E-state index in [0.717, 1.165) is 6.26 Å². The molecule has 0 aliphatic carbocycles. The van der Waals surface area contributed by atoms with Crippen LogP contribution in [0.3, 0.4) is 0 Å². The smallest absolute Gasteiger partial charge is 0.225 e. The van der Waals surface area contributed by atoms with Crippen LogP contribution in [0.25, 0.3) is 11.3 Å². The van der Waals surface area contributed by atoms with Crippen molar-refractivity contribution in [1.29, 1.82) is 0 Å². The van der Waals surface area contributed by atoms with Crippen molar-refractivity contribution in [1.82, 2.24) is 15.0 Å². The van der Waals surface area contributed by atoms with E-state index in [9.17, 15) is 18.0 Å². The van der Waals surface area contributed by atoms with Crippen molar-refractivity contribution in [2.75, 3.05) is 34.9 Å². The third-order valence-electron chi connectivity index (χ3n) is 5.32. The van der Waals surface area contributed by atoms with E-state index in [2.05, 4.69) is 25.6 Å². The molecule has 38 heavy (non-hydrogen) atoms. The Labute approximate surface area is 220 Å². The molecule has 0 fully saturated rings. The van der Waals surface area contributed by atoms with Gasteiger partial charge in [-0.05, 0) is 26.0 Å². The van der Waals surface area contributed by atoms with Crippen molar-refractivity contribution < 1.29 is 27.5 Å². The Balaban J connectivity index is 1.83. The molecule has 13 heteroatoms. The normalized spacial score (nSPS) is 12.9. The highest BCUT2D eigenvalue weighted by Gasteiger charge is 2.24. The number of nitrogens with one attached hydrogen (secondary N) is 2. The zero-order valence-electron chi connectivity index (χ0n) is 21.6. The summed E-state index contributed by atoms with van der Waals surface area (Å²) < 4.78 is 36.0. The number of ether oxygens (including phenoxy) is 2. The Bertz CT molecular complexity index is 1510. The lowest BCUT2D eigenvalue weighted by molar-refractivity contribution is -0.117. The van der Waals surface area contributed by atoms with Gasteiger partial charge in [-0.25, -0.2) is 23.4 Å². The minimum Gasteiger partial charge on any atom is -0.491 e. The SMILES string of the molecule is CC(=O)Nc1cc(Nc2cc(OC(C)C)cc(S(C)(=O)=O)n2)c(-c2ccc3c(n2)N(C(C)=O)CCO3)cn1. The zero-order chi connectivity index (χ0) is 27.6. The van der Waals surface area contributed by atoms with E-state index in [1.54, 1.807) is 24.3 Å². The molecule has 0 bridgehead atoms. The van der Waals surface area contributed by atoms with Gasteiger partial charge in [0.15, 0.2) is 26.4 Å². The average Bonchev–Trinajstić information content (AvgIpc) is 2.82. The van der Waals surface area contributed by atoms with Crippen LogP contribution in [0.15, 0.2) is 41.6 Å². The molecule has 12 nitrogen and oxygen atoms in total. The first-order valence-electron chi connectivity index (χ1n) is 11.8. The van der Waals surface area contributed by atoms with Crippen LogP contribution in [0.5, 0.6) is 11.5 Å². The Kier molecular flexibility index (Phi) is 7.49. The molecular formula is C25H28N6O6S. The van der Waals surface area contributed by atoms with Gasteiger partial charge < -0.3 is 20.1 Å². The predicted octanol–water partition coefficient (Wildman–Crippen LogP) is 3.18. The number of fused-ring (bicyclic) bond motifs is 1. The number of aromatic nitrogens is 3. The summed E-state index contributed by atoms with van der Waals surface area (Å²) in [5, 5.41) is 5.59. The number of hydrogen-bond acceptors (Lipinski definition) is 10. The van der Waals surface area contributed by atoms with Gasteiger partial charge in [0.25, 0.3) is 0 Å². The molecule has 2 N–H and O–H groups in total. The number of amides is 2. The second-order valence-corrected chi connectivity index (χ2v) is 10.9. The monoisotopic (exact) mass is 540 g/mol. The lowest BCUT2D eigenvalue weighted by Crippen LogP contribution is -2.37. The van der Waals surface area contributed by atoms with Crippen LogP contribution in [-0.4, -0.2) is 60.7 Å². The van der Waals surface area contributed by atoms with Crippen molar-refractivity contribution in [3.8, 4) is 22.8 Å². The van der Waals surface area contributed by atoms with Crippen molar-refractivity contribution in [3.05, 3.63) is 36.5 Å². The van der Waals surface area contributed by atoms with E-state index in [0.29, 0.717) is 47.4 Å². The molecule has 200 valence electrons. The minimum absolute atomic E-state index is 0.169. The van der Waals surface area contributed by atoms with Crippen LogP contribution < -0.4 is 25.0 Å². The van der Waals surface area contributed by atoms with Crippen LogP contribution in [0, 0.1) is 0 Å². The van der Waals surface area contributed by atoms with Gasteiger partial charge in [-0.2, -0.15) is 0 Å². The highest BCUT2D eigenvalue weighted by atomic mass is 32.2. The first kappa shape index (κ1) is 26.8. The van der Waals surface area contributed by atoms with Gasteiger partial charge in [-0.15, -0.1) is 0 Å². The first-order chi connectivity index (χ1) is 17.9. The third kappa shape index (κ3) is 6.17. The Morgan fingerprint density at radius 2 is 1.87 bits per heavy atom. The number of nitrogens with zero attached hydrogens (tertiary/aromatic N) is 4. The number of carbonyl (C=O) groups is 2. The molecule has 1 aliphatic heterocycles. The summed E-state index contributed by atoms with van der Waals surface area (Å²) in [5.41, 5.74) is 1.40. The van der Waals surface area contributed by atoms with E-state index in [4.69, 9.17) is 9.47 Å². The highest BCUT2D eigenvalue weighted by Crippen LogP contribution is 2.36. The van der Waals surface area contributed by atoms with Gasteiger partial charge in [0.05, 0.1) is 24.0 Å². The summed E-state index contributed by atoms with van der Waals surface area (Å²) in [7, 11) is -3.65. The van der Waals surface area contributed by atoms with Crippen molar-refractivity contribution in [3.63, 3.8) is 0 Å². The molecule has 0 spiro atoms. The summed E-state index contributed by atoms with van der Waals surface area (Å²) >= 11 is 0. The number of hydrogen-bond donors (Lipinski definition) is 2. The van der Waals surface area contributed by atoms with E-state index >= 15 is 0 Å². The number of rotatable bonds is 7. The molecule has 3 aromatic rings. The van der Waals surface area contributed by atoms with Gasteiger partial charge in [0, 0.05) is 50.1 Å². The summed E-state index contributed by atoms with van der Waals surface area (Å²) in [5.74, 6) is 1.13. The molecule has 0 unspecified atom stereocenters. The summed E-state index contributed by atoms with van der Waals surface area (Å²) in [6, 6.07) is 7.95. The van der Waals surface area contributed by atoms with E-state index < -0.39 is 9.84 Å². The largest absolute Gasteiger partial charge is 0.491 e. The van der Waals surface area contributed by atoms with Crippen molar-refractivity contribution in [2.24, 2.45) is 0 Å². The number of carbonyl (C=O) groups excluding carboxylic acids is 2. The minimum atomic E-state index is -3.65. The van der Waals surface area contributed by atoms with Gasteiger partial charge in [-0.1, -0.05) is 0 Å². The Hall–Kier alpha value is -4.26. The summed E-state index contributed by atoms with van der Waals surface area (Å²) in [4.78, 5) is 38.6. The van der Waals surface area contributed by atoms with Gasteiger partial charge in [-0.3, -0.25) is 14.5 Å². The number of anilines is 4. The molecule has 2 amide bonds. The van der Waals surface area contributed by atoms with E-state index in [1.807, 2.05) is 13.8 Å². The first-order valence-corrected chi connectivity index (χ1v) is 13.7. The standard InChI is InChI=1S/C25H28N6O6S/c1-14(2)37-17-10-23(30-24(11-17)38(5,34)35)28-20-12-22(27-15(3)32)26-13-18(20)19-6-7-21-25(29-19)31(16(4)33)8-9-36-21/h6-7,10-14H,8-9H2,1-5H3,(H2,26,27,28,30,32). The number of pyridine rings is 3.